The third-order valence-corrected chi connectivity index (χ3v) is 4.06. The van der Waals surface area contributed by atoms with Gasteiger partial charge >= 0.3 is 0 Å². The van der Waals surface area contributed by atoms with Gasteiger partial charge in [0.25, 0.3) is 0 Å². The van der Waals surface area contributed by atoms with Gasteiger partial charge in [0.05, 0.1) is 6.04 Å². The topological polar surface area (TPSA) is 32.3 Å². The maximum Gasteiger partial charge on any atom is 0.239 e. The highest BCUT2D eigenvalue weighted by atomic mass is 16.2. The number of benzene rings is 1. The van der Waals surface area contributed by atoms with Crippen molar-refractivity contribution in [3.63, 3.8) is 0 Å². The van der Waals surface area contributed by atoms with Gasteiger partial charge in [-0.05, 0) is 50.7 Å². The molecule has 3 nitrogen and oxygen atoms in total. The Morgan fingerprint density at radius 1 is 1.35 bits per heavy atom. The summed E-state index contributed by atoms with van der Waals surface area (Å²) in [5.74, 6) is 0.970. The van der Waals surface area contributed by atoms with Crippen molar-refractivity contribution in [1.82, 2.24) is 10.2 Å². The minimum absolute atomic E-state index is 0.125. The zero-order chi connectivity index (χ0) is 14.5. The SMILES string of the molecule is CCN(CC)C(=O)C(C)NCc1cccc(C2CC2)c1. The molecule has 1 saturated carbocycles. The van der Waals surface area contributed by atoms with E-state index >= 15 is 0 Å². The van der Waals surface area contributed by atoms with Crippen LogP contribution in [0.2, 0.25) is 0 Å². The smallest absolute Gasteiger partial charge is 0.239 e. The van der Waals surface area contributed by atoms with Gasteiger partial charge in [0.2, 0.25) is 5.91 Å². The Morgan fingerprint density at radius 2 is 2.05 bits per heavy atom. The summed E-state index contributed by atoms with van der Waals surface area (Å²) in [5, 5.41) is 3.34. The molecule has 0 heterocycles. The first-order valence-corrected chi connectivity index (χ1v) is 7.76. The fraction of sp³-hybridized carbons (Fsp3) is 0.588. The standard InChI is InChI=1S/C17H26N2O/c1-4-19(5-2)17(20)13(3)18-12-14-7-6-8-16(11-14)15-9-10-15/h6-8,11,13,15,18H,4-5,9-10,12H2,1-3H3. The number of amides is 1. The van der Waals surface area contributed by atoms with Crippen LogP contribution in [0, 0.1) is 0 Å². The van der Waals surface area contributed by atoms with E-state index in [0.29, 0.717) is 0 Å². The number of nitrogens with one attached hydrogen (secondary N) is 1. The van der Waals surface area contributed by atoms with Crippen LogP contribution in [0.3, 0.4) is 0 Å². The number of rotatable bonds is 7. The second kappa shape index (κ2) is 6.89. The van der Waals surface area contributed by atoms with Gasteiger partial charge in [-0.25, -0.2) is 0 Å². The Hall–Kier alpha value is -1.35. The lowest BCUT2D eigenvalue weighted by atomic mass is 10.1. The van der Waals surface area contributed by atoms with E-state index in [0.717, 1.165) is 25.6 Å². The Morgan fingerprint density at radius 3 is 2.65 bits per heavy atom. The van der Waals surface area contributed by atoms with Crippen LogP contribution >= 0.6 is 0 Å². The molecule has 1 fully saturated rings. The number of hydrogen-bond acceptors (Lipinski definition) is 2. The molecule has 20 heavy (non-hydrogen) atoms. The minimum atomic E-state index is -0.125. The van der Waals surface area contributed by atoms with Crippen molar-refractivity contribution < 1.29 is 4.79 Å². The van der Waals surface area contributed by atoms with E-state index in [1.165, 1.54) is 24.0 Å². The summed E-state index contributed by atoms with van der Waals surface area (Å²) in [5.41, 5.74) is 2.72. The zero-order valence-corrected chi connectivity index (χ0v) is 12.9. The number of hydrogen-bond donors (Lipinski definition) is 1. The monoisotopic (exact) mass is 274 g/mol. The molecule has 110 valence electrons. The van der Waals surface area contributed by atoms with Crippen LogP contribution in [0.1, 0.15) is 50.7 Å². The summed E-state index contributed by atoms with van der Waals surface area (Å²) in [7, 11) is 0. The van der Waals surface area contributed by atoms with Gasteiger partial charge in [-0.3, -0.25) is 4.79 Å². The van der Waals surface area contributed by atoms with E-state index in [9.17, 15) is 4.79 Å². The highest BCUT2D eigenvalue weighted by molar-refractivity contribution is 5.81. The van der Waals surface area contributed by atoms with Crippen molar-refractivity contribution in [3.8, 4) is 0 Å². The Bertz CT molecular complexity index is 450. The van der Waals surface area contributed by atoms with E-state index < -0.39 is 0 Å². The van der Waals surface area contributed by atoms with Crippen molar-refractivity contribution in [2.24, 2.45) is 0 Å². The summed E-state index contributed by atoms with van der Waals surface area (Å²) in [4.78, 5) is 14.0. The normalized spacial score (nSPS) is 15.9. The number of carbonyl (C=O) groups is 1. The van der Waals surface area contributed by atoms with Crippen LogP contribution < -0.4 is 5.32 Å². The highest BCUT2D eigenvalue weighted by Crippen LogP contribution is 2.40. The molecule has 1 atom stereocenters. The first-order chi connectivity index (χ1) is 9.65. The molecule has 0 aliphatic heterocycles. The number of likely N-dealkylation sites (N-methyl/N-ethyl adjacent to an activating group) is 1. The molecule has 1 N–H and O–H groups in total. The molecule has 1 aromatic carbocycles. The largest absolute Gasteiger partial charge is 0.342 e. The van der Waals surface area contributed by atoms with Crippen LogP contribution in [0.4, 0.5) is 0 Å². The maximum atomic E-state index is 12.2. The molecular weight excluding hydrogens is 248 g/mol. The molecule has 1 aromatic rings. The predicted molar refractivity (Wildman–Crippen MR) is 82.6 cm³/mol. The van der Waals surface area contributed by atoms with E-state index in [1.807, 2.05) is 25.7 Å². The van der Waals surface area contributed by atoms with Crippen LogP contribution in [-0.4, -0.2) is 29.9 Å². The zero-order valence-electron chi connectivity index (χ0n) is 12.9. The molecule has 1 aliphatic carbocycles. The molecule has 3 heteroatoms. The molecule has 1 aliphatic rings. The van der Waals surface area contributed by atoms with Gasteiger partial charge in [-0.15, -0.1) is 0 Å². The Kier molecular flexibility index (Phi) is 5.18. The average molecular weight is 274 g/mol. The highest BCUT2D eigenvalue weighted by Gasteiger charge is 2.23. The van der Waals surface area contributed by atoms with Crippen molar-refractivity contribution in [2.45, 2.75) is 52.1 Å². The molecule has 1 amide bonds. The van der Waals surface area contributed by atoms with E-state index in [4.69, 9.17) is 0 Å². The van der Waals surface area contributed by atoms with Crippen LogP contribution in [0.5, 0.6) is 0 Å². The van der Waals surface area contributed by atoms with Crippen molar-refractivity contribution in [2.75, 3.05) is 13.1 Å². The molecule has 0 spiro atoms. The molecule has 0 radical (unpaired) electrons. The third kappa shape index (κ3) is 3.83. The quantitative estimate of drug-likeness (QED) is 0.829. The molecule has 2 rings (SSSR count). The summed E-state index contributed by atoms with van der Waals surface area (Å²) in [6.45, 7) is 8.30. The van der Waals surface area contributed by atoms with Gasteiger partial charge in [0.1, 0.15) is 0 Å². The summed E-state index contributed by atoms with van der Waals surface area (Å²) >= 11 is 0. The summed E-state index contributed by atoms with van der Waals surface area (Å²) < 4.78 is 0. The van der Waals surface area contributed by atoms with Gasteiger partial charge in [0, 0.05) is 19.6 Å². The predicted octanol–water partition coefficient (Wildman–Crippen LogP) is 2.91. The molecule has 0 aromatic heterocycles. The lowest BCUT2D eigenvalue weighted by Gasteiger charge is -2.23. The van der Waals surface area contributed by atoms with Crippen LogP contribution in [0.15, 0.2) is 24.3 Å². The lowest BCUT2D eigenvalue weighted by Crippen LogP contribution is -2.44. The van der Waals surface area contributed by atoms with Gasteiger partial charge in [-0.1, -0.05) is 24.3 Å². The molecule has 1 unspecified atom stereocenters. The van der Waals surface area contributed by atoms with Crippen molar-refractivity contribution in [1.29, 1.82) is 0 Å². The van der Waals surface area contributed by atoms with E-state index in [1.54, 1.807) is 0 Å². The third-order valence-electron chi connectivity index (χ3n) is 4.06. The number of nitrogens with zero attached hydrogens (tertiary/aromatic N) is 1. The Labute approximate surface area is 122 Å². The fourth-order valence-corrected chi connectivity index (χ4v) is 2.54. The maximum absolute atomic E-state index is 12.2. The second-order valence-corrected chi connectivity index (χ2v) is 5.63. The molecular formula is C17H26N2O. The molecule has 0 saturated heterocycles. The first kappa shape index (κ1) is 15.0. The van der Waals surface area contributed by atoms with Gasteiger partial charge in [0.15, 0.2) is 0 Å². The van der Waals surface area contributed by atoms with Crippen LogP contribution in [0.25, 0.3) is 0 Å². The van der Waals surface area contributed by atoms with Gasteiger partial charge in [-0.2, -0.15) is 0 Å². The summed E-state index contributed by atoms with van der Waals surface area (Å²) in [6, 6.07) is 8.62. The average Bonchev–Trinajstić information content (AvgIpc) is 3.31. The van der Waals surface area contributed by atoms with E-state index in [2.05, 4.69) is 29.6 Å². The molecule has 0 bridgehead atoms. The van der Waals surface area contributed by atoms with E-state index in [-0.39, 0.29) is 11.9 Å². The number of carbonyl (C=O) groups excluding carboxylic acids is 1. The minimum Gasteiger partial charge on any atom is -0.342 e. The van der Waals surface area contributed by atoms with Crippen molar-refractivity contribution >= 4 is 5.91 Å². The van der Waals surface area contributed by atoms with Crippen molar-refractivity contribution in [3.05, 3.63) is 35.4 Å². The lowest BCUT2D eigenvalue weighted by molar-refractivity contribution is -0.132. The first-order valence-electron chi connectivity index (χ1n) is 7.76. The second-order valence-electron chi connectivity index (χ2n) is 5.63. The Balaban J connectivity index is 1.87. The fourth-order valence-electron chi connectivity index (χ4n) is 2.54. The van der Waals surface area contributed by atoms with Crippen LogP contribution in [-0.2, 0) is 11.3 Å². The summed E-state index contributed by atoms with van der Waals surface area (Å²) in [6.07, 6.45) is 2.65. The van der Waals surface area contributed by atoms with Gasteiger partial charge < -0.3 is 10.2 Å².